The largest absolute Gasteiger partial charge is 0.330 e. The Kier molecular flexibility index (Phi) is 3.23. The molecule has 13 heavy (non-hydrogen) atoms. The Morgan fingerprint density at radius 2 is 1.62 bits per heavy atom. The summed E-state index contributed by atoms with van der Waals surface area (Å²) in [7, 11) is 0. The summed E-state index contributed by atoms with van der Waals surface area (Å²) in [5.41, 5.74) is 5.63. The van der Waals surface area contributed by atoms with Gasteiger partial charge in [0.1, 0.15) is 0 Å². The van der Waals surface area contributed by atoms with Gasteiger partial charge in [-0.3, -0.25) is 4.90 Å². The van der Waals surface area contributed by atoms with Gasteiger partial charge in [-0.1, -0.05) is 25.7 Å². The molecular weight excluding hydrogens is 160 g/mol. The first kappa shape index (κ1) is 9.47. The van der Waals surface area contributed by atoms with Crippen LogP contribution in [0.3, 0.4) is 0 Å². The number of hydrogen-bond donors (Lipinski definition) is 1. The molecule has 1 heterocycles. The number of hydrogen-bond acceptors (Lipinski definition) is 2. The van der Waals surface area contributed by atoms with Crippen molar-refractivity contribution in [2.24, 2.45) is 11.7 Å². The van der Waals surface area contributed by atoms with Gasteiger partial charge in [0.2, 0.25) is 0 Å². The lowest BCUT2D eigenvalue weighted by Gasteiger charge is -2.44. The third-order valence-electron chi connectivity index (χ3n) is 3.66. The van der Waals surface area contributed by atoms with Crippen LogP contribution in [0.5, 0.6) is 0 Å². The van der Waals surface area contributed by atoms with Crippen LogP contribution in [0.15, 0.2) is 0 Å². The van der Waals surface area contributed by atoms with E-state index in [4.69, 9.17) is 5.73 Å². The summed E-state index contributed by atoms with van der Waals surface area (Å²) < 4.78 is 0. The summed E-state index contributed by atoms with van der Waals surface area (Å²) in [5.74, 6) is 0.809. The van der Waals surface area contributed by atoms with Crippen LogP contribution in [-0.4, -0.2) is 30.6 Å². The molecule has 76 valence electrons. The van der Waals surface area contributed by atoms with E-state index in [9.17, 15) is 0 Å². The van der Waals surface area contributed by atoms with Crippen molar-refractivity contribution in [1.29, 1.82) is 0 Å². The second-order valence-electron chi connectivity index (χ2n) is 4.70. The van der Waals surface area contributed by atoms with Crippen LogP contribution < -0.4 is 5.73 Å². The van der Waals surface area contributed by atoms with E-state index in [-0.39, 0.29) is 0 Å². The number of nitrogens with zero attached hydrogens (tertiary/aromatic N) is 1. The first-order valence-electron chi connectivity index (χ1n) is 5.84. The zero-order valence-corrected chi connectivity index (χ0v) is 8.54. The van der Waals surface area contributed by atoms with E-state index >= 15 is 0 Å². The van der Waals surface area contributed by atoms with Crippen molar-refractivity contribution < 1.29 is 0 Å². The van der Waals surface area contributed by atoms with Gasteiger partial charge in [0.05, 0.1) is 0 Å². The molecule has 0 atom stereocenters. The molecule has 0 aromatic heterocycles. The fourth-order valence-corrected chi connectivity index (χ4v) is 2.68. The summed E-state index contributed by atoms with van der Waals surface area (Å²) in [4.78, 5) is 2.66. The minimum Gasteiger partial charge on any atom is -0.330 e. The minimum atomic E-state index is 0.809. The van der Waals surface area contributed by atoms with Gasteiger partial charge < -0.3 is 5.73 Å². The average Bonchev–Trinajstić information content (AvgIpc) is 2.31. The maximum atomic E-state index is 5.63. The molecule has 2 nitrogen and oxygen atoms in total. The van der Waals surface area contributed by atoms with Crippen LogP contribution in [0.2, 0.25) is 0 Å². The lowest BCUT2D eigenvalue weighted by molar-refractivity contribution is 0.0498. The van der Waals surface area contributed by atoms with Crippen molar-refractivity contribution in [1.82, 2.24) is 4.90 Å². The van der Waals surface area contributed by atoms with E-state index in [2.05, 4.69) is 4.90 Å². The van der Waals surface area contributed by atoms with Crippen LogP contribution in [-0.2, 0) is 0 Å². The Balaban J connectivity index is 1.74. The Labute approximate surface area is 81.5 Å². The zero-order chi connectivity index (χ0) is 9.10. The van der Waals surface area contributed by atoms with Gasteiger partial charge in [0.15, 0.2) is 0 Å². The standard InChI is InChI=1S/C11H22N2/c12-7-10-8-13(9-10)11-5-3-1-2-4-6-11/h10-11H,1-9,12H2. The number of nitrogens with two attached hydrogens (primary N) is 1. The summed E-state index contributed by atoms with van der Waals surface area (Å²) >= 11 is 0. The van der Waals surface area contributed by atoms with Crippen LogP contribution in [0, 0.1) is 5.92 Å². The van der Waals surface area contributed by atoms with E-state index in [0.29, 0.717) is 0 Å². The van der Waals surface area contributed by atoms with Crippen LogP contribution in [0.25, 0.3) is 0 Å². The van der Waals surface area contributed by atoms with E-state index in [0.717, 1.165) is 18.5 Å². The van der Waals surface area contributed by atoms with Crippen molar-refractivity contribution in [2.75, 3.05) is 19.6 Å². The molecule has 2 rings (SSSR count). The van der Waals surface area contributed by atoms with E-state index in [1.54, 1.807) is 0 Å². The molecule has 0 radical (unpaired) electrons. The van der Waals surface area contributed by atoms with Crippen molar-refractivity contribution in [2.45, 2.75) is 44.6 Å². The highest BCUT2D eigenvalue weighted by Gasteiger charge is 2.31. The van der Waals surface area contributed by atoms with Gasteiger partial charge in [-0.05, 0) is 25.3 Å². The van der Waals surface area contributed by atoms with Crippen molar-refractivity contribution >= 4 is 0 Å². The quantitative estimate of drug-likeness (QED) is 0.657. The first-order chi connectivity index (χ1) is 6.40. The van der Waals surface area contributed by atoms with Crippen molar-refractivity contribution in [3.8, 4) is 0 Å². The zero-order valence-electron chi connectivity index (χ0n) is 8.54. The fraction of sp³-hybridized carbons (Fsp3) is 1.00. The third kappa shape index (κ3) is 2.23. The van der Waals surface area contributed by atoms with Gasteiger partial charge in [0, 0.05) is 19.1 Å². The highest BCUT2D eigenvalue weighted by atomic mass is 15.2. The minimum absolute atomic E-state index is 0.809. The van der Waals surface area contributed by atoms with E-state index in [1.807, 2.05) is 0 Å². The van der Waals surface area contributed by atoms with E-state index < -0.39 is 0 Å². The maximum absolute atomic E-state index is 5.63. The third-order valence-corrected chi connectivity index (χ3v) is 3.66. The molecule has 2 fully saturated rings. The first-order valence-corrected chi connectivity index (χ1v) is 5.84. The SMILES string of the molecule is NCC1CN(C2CCCCCC2)C1. The molecule has 2 aliphatic rings. The molecule has 0 aromatic rings. The highest BCUT2D eigenvalue weighted by molar-refractivity contribution is 4.86. The lowest BCUT2D eigenvalue weighted by atomic mass is 9.95. The number of rotatable bonds is 2. The molecule has 2 heteroatoms. The summed E-state index contributed by atoms with van der Waals surface area (Å²) in [6.45, 7) is 3.45. The molecule has 0 unspecified atom stereocenters. The van der Waals surface area contributed by atoms with Crippen LogP contribution in [0.4, 0.5) is 0 Å². The molecule has 0 bridgehead atoms. The second kappa shape index (κ2) is 4.43. The van der Waals surface area contributed by atoms with E-state index in [1.165, 1.54) is 51.6 Å². The summed E-state index contributed by atoms with van der Waals surface area (Å²) in [6, 6.07) is 0.908. The summed E-state index contributed by atoms with van der Waals surface area (Å²) in [5, 5.41) is 0. The molecule has 1 aliphatic heterocycles. The van der Waals surface area contributed by atoms with Gasteiger partial charge in [0.25, 0.3) is 0 Å². The molecule has 1 aliphatic carbocycles. The molecule has 1 saturated heterocycles. The molecule has 1 saturated carbocycles. The van der Waals surface area contributed by atoms with Gasteiger partial charge in [-0.2, -0.15) is 0 Å². The molecule has 0 aromatic carbocycles. The molecule has 0 spiro atoms. The van der Waals surface area contributed by atoms with Gasteiger partial charge in [-0.15, -0.1) is 0 Å². The van der Waals surface area contributed by atoms with Crippen LogP contribution >= 0.6 is 0 Å². The van der Waals surface area contributed by atoms with Crippen molar-refractivity contribution in [3.63, 3.8) is 0 Å². The maximum Gasteiger partial charge on any atom is 0.00955 e. The Morgan fingerprint density at radius 1 is 1.00 bits per heavy atom. The molecule has 2 N–H and O–H groups in total. The second-order valence-corrected chi connectivity index (χ2v) is 4.70. The normalized spacial score (nSPS) is 28.4. The Morgan fingerprint density at radius 3 is 2.15 bits per heavy atom. The number of likely N-dealkylation sites (tertiary alicyclic amines) is 1. The van der Waals surface area contributed by atoms with Crippen LogP contribution in [0.1, 0.15) is 38.5 Å². The van der Waals surface area contributed by atoms with Gasteiger partial charge in [-0.25, -0.2) is 0 Å². The Bertz CT molecular complexity index is 144. The Hall–Kier alpha value is -0.0800. The molecular formula is C11H22N2. The average molecular weight is 182 g/mol. The highest BCUT2D eigenvalue weighted by Crippen LogP contribution is 2.27. The predicted octanol–water partition coefficient (Wildman–Crippen LogP) is 1.60. The topological polar surface area (TPSA) is 29.3 Å². The summed E-state index contributed by atoms with van der Waals surface area (Å²) in [6.07, 6.45) is 8.72. The smallest absolute Gasteiger partial charge is 0.00955 e. The predicted molar refractivity (Wildman–Crippen MR) is 55.6 cm³/mol. The van der Waals surface area contributed by atoms with Crippen molar-refractivity contribution in [3.05, 3.63) is 0 Å². The lowest BCUT2D eigenvalue weighted by Crippen LogP contribution is -2.54. The molecule has 0 amide bonds. The monoisotopic (exact) mass is 182 g/mol. The van der Waals surface area contributed by atoms with Gasteiger partial charge >= 0.3 is 0 Å². The fourth-order valence-electron chi connectivity index (χ4n) is 2.68.